The largest absolute Gasteiger partial charge is 0.354 e. The lowest BCUT2D eigenvalue weighted by Gasteiger charge is -2.07. The molecule has 118 valence electrons. The van der Waals surface area contributed by atoms with Crippen LogP contribution >= 0.6 is 11.3 Å². The average molecular weight is 328 g/mol. The maximum absolute atomic E-state index is 12.3. The zero-order valence-corrected chi connectivity index (χ0v) is 13.5. The van der Waals surface area contributed by atoms with Gasteiger partial charge in [-0.15, -0.1) is 11.3 Å². The van der Waals surface area contributed by atoms with Gasteiger partial charge in [0.15, 0.2) is 0 Å². The summed E-state index contributed by atoms with van der Waals surface area (Å²) in [5.41, 5.74) is 1.39. The molecule has 7 heteroatoms. The van der Waals surface area contributed by atoms with Gasteiger partial charge in [-0.25, -0.2) is 9.97 Å². The van der Waals surface area contributed by atoms with Crippen LogP contribution in [0.1, 0.15) is 10.7 Å². The molecule has 1 N–H and O–H groups in total. The van der Waals surface area contributed by atoms with Crippen LogP contribution < -0.4 is 10.9 Å². The highest BCUT2D eigenvalue weighted by Crippen LogP contribution is 2.07. The first-order chi connectivity index (χ1) is 11.1. The van der Waals surface area contributed by atoms with Crippen molar-refractivity contribution in [1.29, 1.82) is 0 Å². The second kappa shape index (κ2) is 6.70. The molecule has 0 spiro atoms. The van der Waals surface area contributed by atoms with E-state index in [2.05, 4.69) is 15.3 Å². The molecule has 0 bridgehead atoms. The molecule has 3 aromatic rings. The Hall–Kier alpha value is -2.54. The number of fused-ring (bicyclic) bond motifs is 1. The Morgan fingerprint density at radius 1 is 1.35 bits per heavy atom. The van der Waals surface area contributed by atoms with E-state index in [-0.39, 0.29) is 18.0 Å². The number of para-hydroxylation sites is 1. The van der Waals surface area contributed by atoms with E-state index in [0.29, 0.717) is 23.9 Å². The quantitative estimate of drug-likeness (QED) is 0.770. The van der Waals surface area contributed by atoms with Crippen LogP contribution in [0.3, 0.4) is 0 Å². The van der Waals surface area contributed by atoms with Gasteiger partial charge in [-0.2, -0.15) is 0 Å². The summed E-state index contributed by atoms with van der Waals surface area (Å²) in [6.07, 6.45) is 2.09. The summed E-state index contributed by atoms with van der Waals surface area (Å²) in [4.78, 5) is 32.8. The third-order valence-corrected chi connectivity index (χ3v) is 4.24. The van der Waals surface area contributed by atoms with E-state index in [9.17, 15) is 9.59 Å². The highest BCUT2D eigenvalue weighted by molar-refractivity contribution is 7.09. The Kier molecular flexibility index (Phi) is 4.47. The van der Waals surface area contributed by atoms with Crippen LogP contribution in [0.25, 0.3) is 10.9 Å². The molecule has 2 heterocycles. The second-order valence-corrected chi connectivity index (χ2v) is 6.21. The SMILES string of the molecule is Cc1nc(CCNC(=O)Cn2cnc3ccccc3c2=O)cs1. The van der Waals surface area contributed by atoms with E-state index >= 15 is 0 Å². The molecule has 0 atom stereocenters. The van der Waals surface area contributed by atoms with Gasteiger partial charge in [0, 0.05) is 18.3 Å². The normalized spacial score (nSPS) is 10.8. The van der Waals surface area contributed by atoms with Gasteiger partial charge in [0.05, 0.1) is 27.9 Å². The number of benzene rings is 1. The van der Waals surface area contributed by atoms with Crippen molar-refractivity contribution in [2.75, 3.05) is 6.54 Å². The fourth-order valence-electron chi connectivity index (χ4n) is 2.28. The highest BCUT2D eigenvalue weighted by atomic mass is 32.1. The van der Waals surface area contributed by atoms with Crippen molar-refractivity contribution in [2.24, 2.45) is 0 Å². The molecule has 6 nitrogen and oxygen atoms in total. The maximum Gasteiger partial charge on any atom is 0.261 e. The number of rotatable bonds is 5. The fourth-order valence-corrected chi connectivity index (χ4v) is 2.93. The van der Waals surface area contributed by atoms with Crippen molar-refractivity contribution in [3.05, 3.63) is 57.0 Å². The smallest absolute Gasteiger partial charge is 0.261 e. The van der Waals surface area contributed by atoms with E-state index in [1.807, 2.05) is 18.4 Å². The first-order valence-corrected chi connectivity index (χ1v) is 8.13. The van der Waals surface area contributed by atoms with Crippen molar-refractivity contribution in [3.63, 3.8) is 0 Å². The molecule has 0 aliphatic carbocycles. The van der Waals surface area contributed by atoms with E-state index in [1.165, 1.54) is 10.9 Å². The van der Waals surface area contributed by atoms with Crippen molar-refractivity contribution in [2.45, 2.75) is 19.9 Å². The molecule has 0 aliphatic heterocycles. The average Bonchev–Trinajstić information content (AvgIpc) is 2.96. The van der Waals surface area contributed by atoms with E-state index in [1.54, 1.807) is 29.5 Å². The molecule has 3 rings (SSSR count). The van der Waals surface area contributed by atoms with E-state index in [4.69, 9.17) is 0 Å². The molecule has 1 amide bonds. The molecule has 23 heavy (non-hydrogen) atoms. The van der Waals surface area contributed by atoms with Gasteiger partial charge < -0.3 is 5.32 Å². The summed E-state index contributed by atoms with van der Waals surface area (Å²) in [7, 11) is 0. The number of thiazole rings is 1. The third-order valence-electron chi connectivity index (χ3n) is 3.42. The van der Waals surface area contributed by atoms with Gasteiger partial charge in [0.1, 0.15) is 6.54 Å². The first-order valence-electron chi connectivity index (χ1n) is 7.25. The predicted octanol–water partition coefficient (Wildman–Crippen LogP) is 1.52. The van der Waals surface area contributed by atoms with Gasteiger partial charge in [-0.05, 0) is 19.1 Å². The van der Waals surface area contributed by atoms with E-state index < -0.39 is 0 Å². The summed E-state index contributed by atoms with van der Waals surface area (Å²) >= 11 is 1.59. The predicted molar refractivity (Wildman–Crippen MR) is 89.6 cm³/mol. The number of aryl methyl sites for hydroxylation is 1. The van der Waals surface area contributed by atoms with Crippen LogP contribution in [0.4, 0.5) is 0 Å². The van der Waals surface area contributed by atoms with Crippen molar-refractivity contribution in [3.8, 4) is 0 Å². The highest BCUT2D eigenvalue weighted by Gasteiger charge is 2.08. The Morgan fingerprint density at radius 2 is 2.17 bits per heavy atom. The summed E-state index contributed by atoms with van der Waals surface area (Å²) in [5, 5.41) is 6.32. The van der Waals surface area contributed by atoms with Crippen LogP contribution in [0.15, 0.2) is 40.8 Å². The van der Waals surface area contributed by atoms with Crippen molar-refractivity contribution >= 4 is 28.1 Å². The Bertz CT molecular complexity index is 900. The van der Waals surface area contributed by atoms with Crippen molar-refractivity contribution < 1.29 is 4.79 Å². The van der Waals surface area contributed by atoms with Crippen LogP contribution in [-0.4, -0.2) is 27.0 Å². The Balaban J connectivity index is 1.61. The summed E-state index contributed by atoms with van der Waals surface area (Å²) in [6, 6.07) is 7.10. The number of nitrogens with zero attached hydrogens (tertiary/aromatic N) is 3. The first kappa shape index (κ1) is 15.4. The van der Waals surface area contributed by atoms with Crippen LogP contribution in [0, 0.1) is 6.92 Å². The van der Waals surface area contributed by atoms with E-state index in [0.717, 1.165) is 10.7 Å². The lowest BCUT2D eigenvalue weighted by molar-refractivity contribution is -0.121. The van der Waals surface area contributed by atoms with Gasteiger partial charge in [0.2, 0.25) is 5.91 Å². The molecule has 0 radical (unpaired) electrons. The molecule has 0 saturated carbocycles. The minimum Gasteiger partial charge on any atom is -0.354 e. The number of carbonyl (C=O) groups is 1. The standard InChI is InChI=1S/C16H16N4O2S/c1-11-19-12(9-23-11)6-7-17-15(21)8-20-10-18-14-5-3-2-4-13(14)16(20)22/h2-5,9-10H,6-8H2,1H3,(H,17,21). The zero-order chi connectivity index (χ0) is 16.2. The lowest BCUT2D eigenvalue weighted by Crippen LogP contribution is -2.33. The van der Waals surface area contributed by atoms with Crippen LogP contribution in [0.5, 0.6) is 0 Å². The second-order valence-electron chi connectivity index (χ2n) is 5.15. The molecule has 2 aromatic heterocycles. The van der Waals surface area contributed by atoms with Crippen LogP contribution in [-0.2, 0) is 17.8 Å². The molecule has 0 aliphatic rings. The summed E-state index contributed by atoms with van der Waals surface area (Å²) in [6.45, 7) is 2.41. The summed E-state index contributed by atoms with van der Waals surface area (Å²) in [5.74, 6) is -0.212. The zero-order valence-electron chi connectivity index (χ0n) is 12.7. The number of hydrogen-bond acceptors (Lipinski definition) is 5. The molecule has 0 saturated heterocycles. The minimum absolute atomic E-state index is 0.0350. The number of aromatic nitrogens is 3. The maximum atomic E-state index is 12.3. The third kappa shape index (κ3) is 3.62. The Labute approximate surface area is 136 Å². The molecular weight excluding hydrogens is 312 g/mol. The number of hydrogen-bond donors (Lipinski definition) is 1. The molecular formula is C16H16N4O2S. The lowest BCUT2D eigenvalue weighted by atomic mass is 10.2. The van der Waals surface area contributed by atoms with Gasteiger partial charge in [-0.1, -0.05) is 12.1 Å². The molecule has 1 aromatic carbocycles. The fraction of sp³-hybridized carbons (Fsp3) is 0.250. The van der Waals surface area contributed by atoms with Gasteiger partial charge in [0.25, 0.3) is 5.56 Å². The topological polar surface area (TPSA) is 76.9 Å². The van der Waals surface area contributed by atoms with Gasteiger partial charge >= 0.3 is 0 Å². The summed E-state index contributed by atoms with van der Waals surface area (Å²) < 4.78 is 1.32. The number of carbonyl (C=O) groups excluding carboxylic acids is 1. The number of amides is 1. The minimum atomic E-state index is -0.212. The molecule has 0 fully saturated rings. The number of nitrogens with one attached hydrogen (secondary N) is 1. The Morgan fingerprint density at radius 3 is 2.96 bits per heavy atom. The monoisotopic (exact) mass is 328 g/mol. The van der Waals surface area contributed by atoms with Crippen molar-refractivity contribution in [1.82, 2.24) is 19.9 Å². The molecule has 0 unspecified atom stereocenters. The van der Waals surface area contributed by atoms with Crippen LogP contribution in [0.2, 0.25) is 0 Å². The van der Waals surface area contributed by atoms with Gasteiger partial charge in [-0.3, -0.25) is 14.2 Å².